The van der Waals surface area contributed by atoms with Crippen LogP contribution < -0.4 is 15.0 Å². The number of anilines is 1. The van der Waals surface area contributed by atoms with E-state index in [4.69, 9.17) is 9.47 Å². The van der Waals surface area contributed by atoms with Gasteiger partial charge in [0.05, 0.1) is 19.8 Å². The first kappa shape index (κ1) is 19.5. The molecule has 1 saturated heterocycles. The van der Waals surface area contributed by atoms with Crippen LogP contribution in [0.1, 0.15) is 15.9 Å². The predicted octanol–water partition coefficient (Wildman–Crippen LogP) is 2.51. The van der Waals surface area contributed by atoms with Crippen molar-refractivity contribution >= 4 is 17.7 Å². The van der Waals surface area contributed by atoms with Crippen LogP contribution in [-0.4, -0.2) is 57.3 Å². The molecule has 2 aromatic rings. The van der Waals surface area contributed by atoms with Crippen molar-refractivity contribution in [1.82, 2.24) is 10.2 Å². The number of hydrogen-bond acceptors (Lipinski definition) is 5. The number of ether oxygens (including phenoxy) is 2. The molecule has 1 fully saturated rings. The summed E-state index contributed by atoms with van der Waals surface area (Å²) < 4.78 is 9.92. The Labute approximate surface area is 164 Å². The van der Waals surface area contributed by atoms with E-state index >= 15 is 0 Å². The van der Waals surface area contributed by atoms with Crippen LogP contribution in [0, 0.1) is 0 Å². The van der Waals surface area contributed by atoms with Gasteiger partial charge in [0.2, 0.25) is 0 Å². The van der Waals surface area contributed by atoms with Gasteiger partial charge in [0.1, 0.15) is 5.75 Å². The monoisotopic (exact) mass is 383 g/mol. The van der Waals surface area contributed by atoms with Crippen molar-refractivity contribution in [3.8, 4) is 5.75 Å². The first-order chi connectivity index (χ1) is 13.6. The molecule has 2 amide bonds. The zero-order valence-corrected chi connectivity index (χ0v) is 16.2. The Balaban J connectivity index is 1.50. The van der Waals surface area contributed by atoms with E-state index in [1.54, 1.807) is 13.2 Å². The number of piperazine rings is 1. The summed E-state index contributed by atoms with van der Waals surface area (Å²) in [6, 6.07) is 14.9. The van der Waals surface area contributed by atoms with E-state index in [1.165, 1.54) is 7.11 Å². The van der Waals surface area contributed by atoms with Crippen molar-refractivity contribution in [3.63, 3.8) is 0 Å². The molecule has 1 aliphatic rings. The van der Waals surface area contributed by atoms with Gasteiger partial charge in [-0.15, -0.1) is 0 Å². The van der Waals surface area contributed by atoms with Gasteiger partial charge in [-0.3, -0.25) is 0 Å². The molecule has 148 valence electrons. The van der Waals surface area contributed by atoms with Crippen LogP contribution in [-0.2, 0) is 11.3 Å². The molecule has 0 bridgehead atoms. The third-order valence-electron chi connectivity index (χ3n) is 4.80. The van der Waals surface area contributed by atoms with E-state index in [2.05, 4.69) is 10.2 Å². The van der Waals surface area contributed by atoms with Crippen molar-refractivity contribution in [2.75, 3.05) is 45.3 Å². The molecule has 0 unspecified atom stereocenters. The Morgan fingerprint density at radius 1 is 1.00 bits per heavy atom. The number of benzene rings is 2. The zero-order valence-electron chi connectivity index (χ0n) is 16.2. The van der Waals surface area contributed by atoms with E-state index in [0.717, 1.165) is 17.0 Å². The van der Waals surface area contributed by atoms with E-state index in [-0.39, 0.29) is 12.0 Å². The molecule has 1 heterocycles. The highest BCUT2D eigenvalue weighted by Crippen LogP contribution is 2.19. The molecule has 0 spiro atoms. The normalized spacial score (nSPS) is 13.8. The highest BCUT2D eigenvalue weighted by molar-refractivity contribution is 5.90. The van der Waals surface area contributed by atoms with Crippen molar-refractivity contribution in [2.45, 2.75) is 6.54 Å². The fraction of sp³-hybridized carbons (Fsp3) is 0.333. The number of nitrogens with zero attached hydrogens (tertiary/aromatic N) is 2. The summed E-state index contributed by atoms with van der Waals surface area (Å²) in [4.78, 5) is 28.1. The fourth-order valence-corrected chi connectivity index (χ4v) is 3.15. The molecule has 7 nitrogen and oxygen atoms in total. The Morgan fingerprint density at radius 3 is 2.36 bits per heavy atom. The van der Waals surface area contributed by atoms with Crippen molar-refractivity contribution < 1.29 is 19.1 Å². The first-order valence-electron chi connectivity index (χ1n) is 9.19. The first-order valence-corrected chi connectivity index (χ1v) is 9.19. The summed E-state index contributed by atoms with van der Waals surface area (Å²) in [6.07, 6.45) is 0. The standard InChI is InChI=1S/C21H25N3O4/c1-27-19-8-6-16(7-9-19)15-22-21(26)24-12-10-23(11-13-24)18-5-3-4-17(14-18)20(25)28-2/h3-9,14H,10-13,15H2,1-2H3,(H,22,26). The summed E-state index contributed by atoms with van der Waals surface area (Å²) >= 11 is 0. The second kappa shape index (κ2) is 9.12. The summed E-state index contributed by atoms with van der Waals surface area (Å²) in [5.41, 5.74) is 2.51. The van der Waals surface area contributed by atoms with Crippen LogP contribution in [0.3, 0.4) is 0 Å². The van der Waals surface area contributed by atoms with Crippen LogP contribution in [0.2, 0.25) is 0 Å². The number of urea groups is 1. The molecule has 1 N–H and O–H groups in total. The molecule has 0 aromatic heterocycles. The van der Waals surface area contributed by atoms with Gasteiger partial charge in [-0.1, -0.05) is 18.2 Å². The lowest BCUT2D eigenvalue weighted by Gasteiger charge is -2.36. The van der Waals surface area contributed by atoms with Crippen LogP contribution in [0.4, 0.5) is 10.5 Å². The average molecular weight is 383 g/mol. The maximum Gasteiger partial charge on any atom is 0.337 e. The second-order valence-corrected chi connectivity index (χ2v) is 6.52. The van der Waals surface area contributed by atoms with Crippen LogP contribution in [0.5, 0.6) is 5.75 Å². The molecule has 0 atom stereocenters. The van der Waals surface area contributed by atoms with Crippen LogP contribution >= 0.6 is 0 Å². The Bertz CT molecular complexity index is 815. The van der Waals surface area contributed by atoms with Gasteiger partial charge in [-0.2, -0.15) is 0 Å². The van der Waals surface area contributed by atoms with Gasteiger partial charge in [0.25, 0.3) is 0 Å². The topological polar surface area (TPSA) is 71.1 Å². The molecular formula is C21H25N3O4. The number of hydrogen-bond donors (Lipinski definition) is 1. The van der Waals surface area contributed by atoms with Gasteiger partial charge in [-0.05, 0) is 35.9 Å². The number of carbonyl (C=O) groups excluding carboxylic acids is 2. The molecular weight excluding hydrogens is 358 g/mol. The summed E-state index contributed by atoms with van der Waals surface area (Å²) in [7, 11) is 3.00. The molecule has 0 saturated carbocycles. The van der Waals surface area contributed by atoms with Gasteiger partial charge in [0.15, 0.2) is 0 Å². The lowest BCUT2D eigenvalue weighted by atomic mass is 10.1. The molecule has 2 aromatic carbocycles. The van der Waals surface area contributed by atoms with E-state index < -0.39 is 0 Å². The largest absolute Gasteiger partial charge is 0.497 e. The second-order valence-electron chi connectivity index (χ2n) is 6.52. The van der Waals surface area contributed by atoms with Gasteiger partial charge < -0.3 is 24.6 Å². The Morgan fingerprint density at radius 2 is 1.71 bits per heavy atom. The van der Waals surface area contributed by atoms with Crippen LogP contribution in [0.15, 0.2) is 48.5 Å². The molecule has 0 radical (unpaired) electrons. The maximum absolute atomic E-state index is 12.4. The number of nitrogens with one attached hydrogen (secondary N) is 1. The third-order valence-corrected chi connectivity index (χ3v) is 4.80. The Kier molecular flexibility index (Phi) is 6.37. The highest BCUT2D eigenvalue weighted by atomic mass is 16.5. The quantitative estimate of drug-likeness (QED) is 0.804. The van der Waals surface area contributed by atoms with Gasteiger partial charge >= 0.3 is 12.0 Å². The van der Waals surface area contributed by atoms with Crippen molar-refractivity contribution in [1.29, 1.82) is 0 Å². The molecule has 1 aliphatic heterocycles. The fourth-order valence-electron chi connectivity index (χ4n) is 3.15. The minimum absolute atomic E-state index is 0.0706. The minimum atomic E-state index is -0.349. The number of rotatable bonds is 5. The van der Waals surface area contributed by atoms with E-state index in [0.29, 0.717) is 38.3 Å². The van der Waals surface area contributed by atoms with Crippen molar-refractivity contribution in [3.05, 3.63) is 59.7 Å². The van der Waals surface area contributed by atoms with Gasteiger partial charge in [-0.25, -0.2) is 9.59 Å². The summed E-state index contributed by atoms with van der Waals surface area (Å²) in [5.74, 6) is 0.445. The lowest BCUT2D eigenvalue weighted by molar-refractivity contribution is 0.0600. The lowest BCUT2D eigenvalue weighted by Crippen LogP contribution is -2.51. The number of methoxy groups -OCH3 is 2. The number of esters is 1. The van der Waals surface area contributed by atoms with E-state index in [9.17, 15) is 9.59 Å². The highest BCUT2D eigenvalue weighted by Gasteiger charge is 2.21. The average Bonchev–Trinajstić information content (AvgIpc) is 2.77. The zero-order chi connectivity index (χ0) is 19.9. The molecule has 0 aliphatic carbocycles. The summed E-state index contributed by atoms with van der Waals surface area (Å²) in [5, 5.41) is 2.96. The SMILES string of the molecule is COC(=O)c1cccc(N2CCN(C(=O)NCc3ccc(OC)cc3)CC2)c1. The molecule has 7 heteroatoms. The molecule has 28 heavy (non-hydrogen) atoms. The molecule has 3 rings (SSSR count). The summed E-state index contributed by atoms with van der Waals surface area (Å²) in [6.45, 7) is 3.14. The number of carbonyl (C=O) groups is 2. The van der Waals surface area contributed by atoms with Crippen LogP contribution in [0.25, 0.3) is 0 Å². The van der Waals surface area contributed by atoms with E-state index in [1.807, 2.05) is 47.4 Å². The third kappa shape index (κ3) is 4.73. The van der Waals surface area contributed by atoms with Gasteiger partial charge in [0, 0.05) is 38.4 Å². The number of amides is 2. The smallest absolute Gasteiger partial charge is 0.337 e. The van der Waals surface area contributed by atoms with Crippen molar-refractivity contribution in [2.24, 2.45) is 0 Å². The minimum Gasteiger partial charge on any atom is -0.497 e. The Hall–Kier alpha value is -3.22. The predicted molar refractivity (Wildman–Crippen MR) is 107 cm³/mol. The maximum atomic E-state index is 12.4.